The number of anilines is 2. The number of rotatable bonds is 7. The highest BCUT2D eigenvalue weighted by molar-refractivity contribution is 6.30. The normalized spacial score (nSPS) is 15.8. The summed E-state index contributed by atoms with van der Waals surface area (Å²) in [6.07, 6.45) is 1.10. The van der Waals surface area contributed by atoms with E-state index in [1.165, 1.54) is 11.1 Å². The Morgan fingerprint density at radius 3 is 1.95 bits per heavy atom. The highest BCUT2D eigenvalue weighted by Crippen LogP contribution is 2.32. The van der Waals surface area contributed by atoms with Crippen molar-refractivity contribution in [3.05, 3.63) is 130 Å². The van der Waals surface area contributed by atoms with Crippen molar-refractivity contribution < 1.29 is 4.79 Å². The summed E-state index contributed by atoms with van der Waals surface area (Å²) in [5.41, 5.74) is 6.69. The summed E-state index contributed by atoms with van der Waals surface area (Å²) in [7, 11) is 0. The van der Waals surface area contributed by atoms with Crippen molar-refractivity contribution in [3.63, 3.8) is 0 Å². The number of carbonyl (C=O) groups is 1. The number of halogens is 1. The molecular formula is C33H32ClN3O. The molecule has 4 aromatic carbocycles. The van der Waals surface area contributed by atoms with Crippen molar-refractivity contribution in [3.8, 4) is 0 Å². The van der Waals surface area contributed by atoms with Gasteiger partial charge in [-0.2, -0.15) is 0 Å². The van der Waals surface area contributed by atoms with E-state index in [1.54, 1.807) is 0 Å². The predicted molar refractivity (Wildman–Crippen MR) is 156 cm³/mol. The molecule has 1 saturated heterocycles. The van der Waals surface area contributed by atoms with Crippen LogP contribution < -0.4 is 9.80 Å². The highest BCUT2D eigenvalue weighted by atomic mass is 35.5. The number of hydrogen-bond acceptors (Lipinski definition) is 3. The van der Waals surface area contributed by atoms with E-state index in [2.05, 4.69) is 88.7 Å². The summed E-state index contributed by atoms with van der Waals surface area (Å²) in [5, 5.41) is 0.676. The number of fused-ring (bicyclic) bond motifs is 1. The molecular weight excluding hydrogens is 490 g/mol. The SMILES string of the molecule is O=C1c2cc(N3CCN(CCC(c4ccccc4)c4ccccc4)CC3)ccc2CN1c1ccc(Cl)cc1. The van der Waals surface area contributed by atoms with Crippen LogP contribution in [0.25, 0.3) is 0 Å². The quantitative estimate of drug-likeness (QED) is 0.266. The maximum absolute atomic E-state index is 13.2. The van der Waals surface area contributed by atoms with E-state index < -0.39 is 0 Å². The molecule has 0 bridgehead atoms. The molecule has 2 aliphatic heterocycles. The molecule has 1 amide bonds. The van der Waals surface area contributed by atoms with Crippen LogP contribution in [-0.4, -0.2) is 43.5 Å². The molecule has 0 spiro atoms. The molecule has 1 fully saturated rings. The Morgan fingerprint density at radius 1 is 0.711 bits per heavy atom. The Hall–Kier alpha value is -3.60. The Balaban J connectivity index is 1.08. The van der Waals surface area contributed by atoms with Crippen LogP contribution in [0.2, 0.25) is 5.02 Å². The summed E-state index contributed by atoms with van der Waals surface area (Å²) in [4.78, 5) is 20.0. The van der Waals surface area contributed by atoms with Crippen LogP contribution in [-0.2, 0) is 6.54 Å². The molecule has 0 atom stereocenters. The lowest BCUT2D eigenvalue weighted by molar-refractivity contribution is 0.0996. The first kappa shape index (κ1) is 24.7. The van der Waals surface area contributed by atoms with Gasteiger partial charge in [0.2, 0.25) is 0 Å². The van der Waals surface area contributed by atoms with E-state index in [0.717, 1.165) is 61.6 Å². The molecule has 0 unspecified atom stereocenters. The maximum Gasteiger partial charge on any atom is 0.259 e. The van der Waals surface area contributed by atoms with Gasteiger partial charge in [-0.3, -0.25) is 9.69 Å². The van der Waals surface area contributed by atoms with Crippen LogP contribution in [0, 0.1) is 0 Å². The van der Waals surface area contributed by atoms with Crippen LogP contribution in [0.1, 0.15) is 39.4 Å². The molecule has 4 nitrogen and oxygen atoms in total. The Kier molecular flexibility index (Phi) is 7.17. The van der Waals surface area contributed by atoms with Gasteiger partial charge in [0, 0.05) is 54.1 Å². The second-order valence-electron chi connectivity index (χ2n) is 10.2. The Morgan fingerprint density at radius 2 is 1.32 bits per heavy atom. The minimum absolute atomic E-state index is 0.0654. The summed E-state index contributed by atoms with van der Waals surface area (Å²) < 4.78 is 0. The standard InChI is InChI=1S/C33H32ClN3O/c34-28-12-15-29(16-13-28)37-24-27-11-14-30(23-32(27)33(37)38)36-21-19-35(20-22-36)18-17-31(25-7-3-1-4-8-25)26-9-5-2-6-10-26/h1-16,23,31H,17-22,24H2. The van der Waals surface area contributed by atoms with Gasteiger partial charge in [-0.15, -0.1) is 0 Å². The molecule has 0 N–H and O–H groups in total. The van der Waals surface area contributed by atoms with Gasteiger partial charge < -0.3 is 9.80 Å². The number of benzene rings is 4. The van der Waals surface area contributed by atoms with Crippen molar-refractivity contribution in [2.45, 2.75) is 18.9 Å². The van der Waals surface area contributed by atoms with Crippen molar-refractivity contribution in [2.75, 3.05) is 42.5 Å². The first-order valence-corrected chi connectivity index (χ1v) is 13.8. The topological polar surface area (TPSA) is 26.8 Å². The van der Waals surface area contributed by atoms with E-state index in [0.29, 0.717) is 17.5 Å². The lowest BCUT2D eigenvalue weighted by atomic mass is 9.88. The van der Waals surface area contributed by atoms with Crippen LogP contribution in [0.3, 0.4) is 0 Å². The fourth-order valence-corrected chi connectivity index (χ4v) is 5.88. The van der Waals surface area contributed by atoms with Crippen molar-refractivity contribution in [1.29, 1.82) is 0 Å². The van der Waals surface area contributed by atoms with Gasteiger partial charge in [0.25, 0.3) is 5.91 Å². The van der Waals surface area contributed by atoms with E-state index in [4.69, 9.17) is 11.6 Å². The number of hydrogen-bond donors (Lipinski definition) is 0. The van der Waals surface area contributed by atoms with Gasteiger partial charge in [0.15, 0.2) is 0 Å². The molecule has 0 aliphatic carbocycles. The third-order valence-electron chi connectivity index (χ3n) is 7.91. The van der Waals surface area contributed by atoms with E-state index >= 15 is 0 Å². The zero-order valence-electron chi connectivity index (χ0n) is 21.5. The molecule has 0 radical (unpaired) electrons. The van der Waals surface area contributed by atoms with Crippen LogP contribution in [0.15, 0.2) is 103 Å². The molecule has 2 aliphatic rings. The van der Waals surface area contributed by atoms with Gasteiger partial charge >= 0.3 is 0 Å². The third kappa shape index (κ3) is 5.20. The fourth-order valence-electron chi connectivity index (χ4n) is 5.75. The summed E-state index contributed by atoms with van der Waals surface area (Å²) >= 11 is 6.04. The largest absolute Gasteiger partial charge is 0.369 e. The van der Waals surface area contributed by atoms with Crippen molar-refractivity contribution >= 4 is 28.9 Å². The van der Waals surface area contributed by atoms with Crippen molar-refractivity contribution in [2.24, 2.45) is 0 Å². The first-order valence-electron chi connectivity index (χ1n) is 13.4. The minimum atomic E-state index is 0.0654. The number of amides is 1. The molecule has 192 valence electrons. The van der Waals surface area contributed by atoms with Gasteiger partial charge in [0.1, 0.15) is 0 Å². The smallest absolute Gasteiger partial charge is 0.259 e. The maximum atomic E-state index is 13.2. The average Bonchev–Trinajstić information content (AvgIpc) is 3.30. The Labute approximate surface area is 230 Å². The first-order chi connectivity index (χ1) is 18.7. The van der Waals surface area contributed by atoms with Crippen LogP contribution in [0.5, 0.6) is 0 Å². The van der Waals surface area contributed by atoms with Gasteiger partial charge in [-0.25, -0.2) is 0 Å². The minimum Gasteiger partial charge on any atom is -0.369 e. The molecule has 5 heteroatoms. The molecule has 0 saturated carbocycles. The molecule has 38 heavy (non-hydrogen) atoms. The van der Waals surface area contributed by atoms with Crippen molar-refractivity contribution in [1.82, 2.24) is 4.90 Å². The van der Waals surface area contributed by atoms with Gasteiger partial charge in [-0.1, -0.05) is 78.3 Å². The second-order valence-corrected chi connectivity index (χ2v) is 10.6. The van der Waals surface area contributed by atoms with Crippen LogP contribution >= 0.6 is 11.6 Å². The highest BCUT2D eigenvalue weighted by Gasteiger charge is 2.30. The lowest BCUT2D eigenvalue weighted by Gasteiger charge is -2.37. The van der Waals surface area contributed by atoms with Gasteiger partial charge in [-0.05, 0) is 66.1 Å². The zero-order chi connectivity index (χ0) is 25.9. The molecule has 2 heterocycles. The number of piperazine rings is 1. The molecule has 4 aromatic rings. The monoisotopic (exact) mass is 521 g/mol. The zero-order valence-corrected chi connectivity index (χ0v) is 22.2. The summed E-state index contributed by atoms with van der Waals surface area (Å²) in [5.74, 6) is 0.470. The Bertz CT molecular complexity index is 1340. The summed E-state index contributed by atoms with van der Waals surface area (Å²) in [6.45, 7) is 5.66. The molecule has 0 aromatic heterocycles. The lowest BCUT2D eigenvalue weighted by Crippen LogP contribution is -2.46. The summed E-state index contributed by atoms with van der Waals surface area (Å²) in [6, 6.07) is 35.6. The number of nitrogens with zero attached hydrogens (tertiary/aromatic N) is 3. The number of carbonyl (C=O) groups excluding carboxylic acids is 1. The second kappa shape index (κ2) is 11.0. The van der Waals surface area contributed by atoms with Gasteiger partial charge in [0.05, 0.1) is 6.54 Å². The average molecular weight is 522 g/mol. The fraction of sp³-hybridized carbons (Fsp3) is 0.242. The third-order valence-corrected chi connectivity index (χ3v) is 8.16. The molecule has 6 rings (SSSR count). The van der Waals surface area contributed by atoms with E-state index in [9.17, 15) is 4.79 Å². The van der Waals surface area contributed by atoms with Crippen LogP contribution in [0.4, 0.5) is 11.4 Å². The van der Waals surface area contributed by atoms with E-state index in [1.807, 2.05) is 29.2 Å². The van der Waals surface area contributed by atoms with E-state index in [-0.39, 0.29) is 5.91 Å². The predicted octanol–water partition coefficient (Wildman–Crippen LogP) is 6.84.